The summed E-state index contributed by atoms with van der Waals surface area (Å²) in [7, 11) is -3.87. The number of nitrogens with zero attached hydrogens (tertiary/aromatic N) is 3. The Labute approximate surface area is 175 Å². The van der Waals surface area contributed by atoms with Gasteiger partial charge in [-0.05, 0) is 65.5 Å². The first-order valence-electron chi connectivity index (χ1n) is 8.68. The van der Waals surface area contributed by atoms with Crippen molar-refractivity contribution in [2.45, 2.75) is 30.7 Å². The molecule has 1 aliphatic rings. The van der Waals surface area contributed by atoms with Crippen LogP contribution in [-0.2, 0) is 14.8 Å². The second-order valence-electron chi connectivity index (χ2n) is 6.63. The number of halogens is 1. The topological polar surface area (TPSA) is 92.3 Å². The summed E-state index contributed by atoms with van der Waals surface area (Å²) in [6.45, 7) is 2.25. The Balaban J connectivity index is 1.64. The van der Waals surface area contributed by atoms with Crippen molar-refractivity contribution in [3.63, 3.8) is 0 Å². The third-order valence-corrected chi connectivity index (χ3v) is 7.86. The molecule has 1 fully saturated rings. The molecule has 3 aromatic rings. The van der Waals surface area contributed by atoms with Gasteiger partial charge in [-0.1, -0.05) is 12.1 Å². The third kappa shape index (κ3) is 3.45. The lowest BCUT2D eigenvalue weighted by atomic mass is 10.2. The summed E-state index contributed by atoms with van der Waals surface area (Å²) in [4.78, 5) is 13.0. The molecule has 1 aliphatic heterocycles. The molecule has 0 aliphatic carbocycles. The molecule has 0 unspecified atom stereocenters. The van der Waals surface area contributed by atoms with Gasteiger partial charge in [-0.2, -0.15) is 13.1 Å². The van der Waals surface area contributed by atoms with Gasteiger partial charge in [0.1, 0.15) is 22.0 Å². The zero-order valence-corrected chi connectivity index (χ0v) is 18.1. The maximum absolute atomic E-state index is 13.3. The van der Waals surface area contributed by atoms with Crippen LogP contribution in [0.25, 0.3) is 11.0 Å². The van der Waals surface area contributed by atoms with Crippen molar-refractivity contribution in [2.75, 3.05) is 11.9 Å². The molecule has 0 radical (unpaired) electrons. The van der Waals surface area contributed by atoms with Crippen LogP contribution in [0.5, 0.6) is 0 Å². The Morgan fingerprint density at radius 2 is 2.11 bits per heavy atom. The number of aryl methyl sites for hydroxylation is 1. The van der Waals surface area contributed by atoms with Crippen molar-refractivity contribution in [1.82, 2.24) is 13.1 Å². The van der Waals surface area contributed by atoms with Gasteiger partial charge in [0.15, 0.2) is 0 Å². The van der Waals surface area contributed by atoms with Gasteiger partial charge in [-0.3, -0.25) is 4.79 Å². The van der Waals surface area contributed by atoms with Crippen LogP contribution in [-0.4, -0.2) is 40.0 Å². The van der Waals surface area contributed by atoms with Crippen LogP contribution in [0.2, 0.25) is 0 Å². The SMILES string of the molecule is Cc1ccc(NC(=O)[C@H]2CCCN2S(=O)(=O)c2cccc3nsnc23)c(Br)c1. The van der Waals surface area contributed by atoms with E-state index in [0.717, 1.165) is 21.8 Å². The van der Waals surface area contributed by atoms with Crippen molar-refractivity contribution >= 4 is 60.3 Å². The Hall–Kier alpha value is -1.88. The summed E-state index contributed by atoms with van der Waals surface area (Å²) in [5, 5.41) is 2.85. The second-order valence-corrected chi connectivity index (χ2v) is 9.88. The second kappa shape index (κ2) is 7.51. The zero-order valence-electron chi connectivity index (χ0n) is 14.9. The monoisotopic (exact) mass is 480 g/mol. The van der Waals surface area contributed by atoms with Crippen LogP contribution in [0.1, 0.15) is 18.4 Å². The highest BCUT2D eigenvalue weighted by molar-refractivity contribution is 9.10. The summed E-state index contributed by atoms with van der Waals surface area (Å²) in [6, 6.07) is 9.70. The van der Waals surface area contributed by atoms with E-state index in [1.807, 2.05) is 19.1 Å². The number of nitrogens with one attached hydrogen (secondary N) is 1. The Morgan fingerprint density at radius 3 is 2.89 bits per heavy atom. The van der Waals surface area contributed by atoms with Crippen LogP contribution in [0.4, 0.5) is 5.69 Å². The quantitative estimate of drug-likeness (QED) is 0.616. The minimum atomic E-state index is -3.87. The number of fused-ring (bicyclic) bond motifs is 1. The average molecular weight is 481 g/mol. The maximum atomic E-state index is 13.3. The molecule has 1 saturated heterocycles. The van der Waals surface area contributed by atoms with E-state index in [1.54, 1.807) is 18.2 Å². The van der Waals surface area contributed by atoms with Gasteiger partial charge in [-0.25, -0.2) is 8.42 Å². The first-order chi connectivity index (χ1) is 13.4. The van der Waals surface area contributed by atoms with E-state index < -0.39 is 16.1 Å². The fourth-order valence-corrected chi connectivity index (χ4v) is 6.35. The van der Waals surface area contributed by atoms with Crippen LogP contribution in [0.15, 0.2) is 45.8 Å². The molecular weight excluding hydrogens is 464 g/mol. The molecule has 1 atom stereocenters. The van der Waals surface area contributed by atoms with Crippen LogP contribution >= 0.6 is 27.7 Å². The van der Waals surface area contributed by atoms with Crippen molar-refractivity contribution in [3.8, 4) is 0 Å². The minimum absolute atomic E-state index is 0.0926. The summed E-state index contributed by atoms with van der Waals surface area (Å²) in [5.74, 6) is -0.339. The summed E-state index contributed by atoms with van der Waals surface area (Å²) in [6.07, 6.45) is 1.09. The highest BCUT2D eigenvalue weighted by atomic mass is 79.9. The first kappa shape index (κ1) is 19.4. The van der Waals surface area contributed by atoms with Crippen LogP contribution < -0.4 is 5.32 Å². The number of benzene rings is 2. The van der Waals surface area contributed by atoms with Crippen LogP contribution in [0, 0.1) is 6.92 Å². The molecule has 10 heteroatoms. The summed E-state index contributed by atoms with van der Waals surface area (Å²) < 4.78 is 36.9. The van der Waals surface area contributed by atoms with Gasteiger partial charge in [0.25, 0.3) is 0 Å². The Kier molecular flexibility index (Phi) is 5.21. The van der Waals surface area contributed by atoms with Crippen molar-refractivity contribution < 1.29 is 13.2 Å². The van der Waals surface area contributed by atoms with E-state index in [2.05, 4.69) is 30.0 Å². The fraction of sp³-hybridized carbons (Fsp3) is 0.278. The lowest BCUT2D eigenvalue weighted by Crippen LogP contribution is -2.43. The molecule has 4 rings (SSSR count). The average Bonchev–Trinajstić information content (AvgIpc) is 3.32. The van der Waals surface area contributed by atoms with E-state index in [1.165, 1.54) is 10.4 Å². The number of amides is 1. The van der Waals surface area contributed by atoms with Crippen molar-refractivity contribution in [3.05, 3.63) is 46.4 Å². The predicted octanol–water partition coefficient (Wildman–Crippen LogP) is 3.55. The molecule has 2 heterocycles. The van der Waals surface area contributed by atoms with E-state index in [-0.39, 0.29) is 10.8 Å². The molecule has 0 bridgehead atoms. The molecule has 1 amide bonds. The van der Waals surface area contributed by atoms with Gasteiger partial charge >= 0.3 is 0 Å². The number of anilines is 1. The van der Waals surface area contributed by atoms with Gasteiger partial charge in [-0.15, -0.1) is 0 Å². The molecule has 2 aromatic carbocycles. The van der Waals surface area contributed by atoms with E-state index in [4.69, 9.17) is 0 Å². The van der Waals surface area contributed by atoms with Gasteiger partial charge in [0.2, 0.25) is 15.9 Å². The predicted molar refractivity (Wildman–Crippen MR) is 112 cm³/mol. The number of aromatic nitrogens is 2. The zero-order chi connectivity index (χ0) is 19.9. The highest BCUT2D eigenvalue weighted by Crippen LogP contribution is 2.31. The van der Waals surface area contributed by atoms with E-state index >= 15 is 0 Å². The van der Waals surface area contributed by atoms with Gasteiger partial charge in [0.05, 0.1) is 17.4 Å². The molecular formula is C18H17BrN4O3S2. The summed E-state index contributed by atoms with van der Waals surface area (Å²) >= 11 is 4.41. The normalized spacial score (nSPS) is 17.9. The lowest BCUT2D eigenvalue weighted by Gasteiger charge is -2.23. The standard InChI is InChI=1S/C18H17BrN4O3S2/c1-11-7-8-13(12(19)10-11)20-18(24)15-5-3-9-23(15)28(25,26)16-6-2-4-14-17(16)22-27-21-14/h2,4,6-8,10,15H,3,5,9H2,1H3,(H,20,24)/t15-/m1/s1. The van der Waals surface area contributed by atoms with Crippen molar-refractivity contribution in [2.24, 2.45) is 0 Å². The molecule has 0 saturated carbocycles. The van der Waals surface area contributed by atoms with E-state index in [0.29, 0.717) is 36.1 Å². The van der Waals surface area contributed by atoms with E-state index in [9.17, 15) is 13.2 Å². The molecule has 0 spiro atoms. The number of rotatable bonds is 4. The molecule has 1 N–H and O–H groups in total. The van der Waals surface area contributed by atoms with Crippen molar-refractivity contribution in [1.29, 1.82) is 0 Å². The minimum Gasteiger partial charge on any atom is -0.324 e. The van der Waals surface area contributed by atoms with Gasteiger partial charge < -0.3 is 5.32 Å². The first-order valence-corrected chi connectivity index (χ1v) is 11.6. The summed E-state index contributed by atoms with van der Waals surface area (Å²) in [5.41, 5.74) is 2.56. The number of carbonyl (C=O) groups is 1. The molecule has 7 nitrogen and oxygen atoms in total. The Bertz CT molecular complexity index is 1160. The number of hydrogen-bond donors (Lipinski definition) is 1. The number of sulfonamides is 1. The lowest BCUT2D eigenvalue weighted by molar-refractivity contribution is -0.119. The molecule has 28 heavy (non-hydrogen) atoms. The molecule has 1 aromatic heterocycles. The third-order valence-electron chi connectivity index (χ3n) is 4.72. The maximum Gasteiger partial charge on any atom is 0.246 e. The smallest absolute Gasteiger partial charge is 0.246 e. The van der Waals surface area contributed by atoms with Crippen LogP contribution in [0.3, 0.4) is 0 Å². The van der Waals surface area contributed by atoms with Gasteiger partial charge in [0, 0.05) is 11.0 Å². The Morgan fingerprint density at radius 1 is 1.29 bits per heavy atom. The number of carbonyl (C=O) groups excluding carboxylic acids is 1. The highest BCUT2D eigenvalue weighted by Gasteiger charge is 2.40. The molecule has 146 valence electrons. The largest absolute Gasteiger partial charge is 0.324 e. The number of hydrogen-bond acceptors (Lipinski definition) is 6. The fourth-order valence-electron chi connectivity index (χ4n) is 3.34.